The van der Waals surface area contributed by atoms with Crippen LogP contribution < -0.4 is 5.32 Å². The molecule has 27 heavy (non-hydrogen) atoms. The summed E-state index contributed by atoms with van der Waals surface area (Å²) in [5, 5.41) is 5.01. The zero-order valence-electron chi connectivity index (χ0n) is 15.6. The SMILES string of the molecule is Cc1ccc(-c2ccsc2C(=O)N2CCN(CC(=O)NC3CC3)CC2)cc1. The van der Waals surface area contributed by atoms with Crippen LogP contribution in [0.3, 0.4) is 0 Å². The molecule has 1 aromatic heterocycles. The Bertz CT molecular complexity index is 818. The molecule has 2 heterocycles. The lowest BCUT2D eigenvalue weighted by atomic mass is 10.0. The van der Waals surface area contributed by atoms with Crippen molar-refractivity contribution >= 4 is 23.2 Å². The van der Waals surface area contributed by atoms with Gasteiger partial charge in [0.05, 0.1) is 11.4 Å². The lowest BCUT2D eigenvalue weighted by Gasteiger charge is -2.34. The number of thiophene rings is 1. The molecule has 2 aromatic rings. The molecular formula is C21H25N3O2S. The maximum absolute atomic E-state index is 13.0. The Balaban J connectivity index is 1.36. The van der Waals surface area contributed by atoms with Crippen molar-refractivity contribution in [2.45, 2.75) is 25.8 Å². The van der Waals surface area contributed by atoms with E-state index in [9.17, 15) is 9.59 Å². The first kappa shape index (κ1) is 18.2. The molecule has 0 spiro atoms. The van der Waals surface area contributed by atoms with Gasteiger partial charge < -0.3 is 10.2 Å². The highest BCUT2D eigenvalue weighted by Gasteiger charge is 2.27. The molecule has 0 atom stereocenters. The third-order valence-corrected chi connectivity index (χ3v) is 6.09. The predicted molar refractivity (Wildman–Crippen MR) is 108 cm³/mol. The number of carbonyl (C=O) groups is 2. The highest BCUT2D eigenvalue weighted by atomic mass is 32.1. The number of piperazine rings is 1. The molecule has 0 unspecified atom stereocenters. The zero-order valence-corrected chi connectivity index (χ0v) is 16.4. The van der Waals surface area contributed by atoms with Crippen molar-refractivity contribution in [3.8, 4) is 11.1 Å². The first-order valence-electron chi connectivity index (χ1n) is 9.55. The van der Waals surface area contributed by atoms with Crippen molar-refractivity contribution in [1.29, 1.82) is 0 Å². The van der Waals surface area contributed by atoms with Crippen LogP contribution in [0.2, 0.25) is 0 Å². The van der Waals surface area contributed by atoms with E-state index in [0.29, 0.717) is 25.7 Å². The number of nitrogens with zero attached hydrogens (tertiary/aromatic N) is 2. The van der Waals surface area contributed by atoms with E-state index in [1.54, 1.807) is 0 Å². The van der Waals surface area contributed by atoms with Gasteiger partial charge in [-0.3, -0.25) is 14.5 Å². The van der Waals surface area contributed by atoms with Crippen LogP contribution in [0.5, 0.6) is 0 Å². The van der Waals surface area contributed by atoms with Gasteiger partial charge in [-0.1, -0.05) is 29.8 Å². The van der Waals surface area contributed by atoms with Gasteiger partial charge in [0.25, 0.3) is 5.91 Å². The smallest absolute Gasteiger partial charge is 0.264 e. The third-order valence-electron chi connectivity index (χ3n) is 5.19. The van der Waals surface area contributed by atoms with Crippen molar-refractivity contribution in [3.63, 3.8) is 0 Å². The van der Waals surface area contributed by atoms with Gasteiger partial charge in [0.2, 0.25) is 5.91 Å². The van der Waals surface area contributed by atoms with Gasteiger partial charge in [0.1, 0.15) is 0 Å². The molecule has 1 saturated heterocycles. The van der Waals surface area contributed by atoms with E-state index in [-0.39, 0.29) is 11.8 Å². The van der Waals surface area contributed by atoms with Gasteiger partial charge in [-0.2, -0.15) is 0 Å². The molecular weight excluding hydrogens is 358 g/mol. The van der Waals surface area contributed by atoms with E-state index >= 15 is 0 Å². The number of hydrogen-bond acceptors (Lipinski definition) is 4. The molecule has 6 heteroatoms. The topological polar surface area (TPSA) is 52.7 Å². The number of nitrogens with one attached hydrogen (secondary N) is 1. The second kappa shape index (κ2) is 7.82. The number of rotatable bonds is 5. The summed E-state index contributed by atoms with van der Waals surface area (Å²) in [6, 6.07) is 10.7. The van der Waals surface area contributed by atoms with E-state index in [0.717, 1.165) is 41.9 Å². The minimum absolute atomic E-state index is 0.0997. The minimum Gasteiger partial charge on any atom is -0.352 e. The van der Waals surface area contributed by atoms with Crippen LogP contribution in [-0.2, 0) is 4.79 Å². The number of amides is 2. The van der Waals surface area contributed by atoms with Crippen LogP contribution in [0, 0.1) is 6.92 Å². The molecule has 142 valence electrons. The van der Waals surface area contributed by atoms with E-state index in [2.05, 4.69) is 41.4 Å². The first-order valence-corrected chi connectivity index (χ1v) is 10.4. The second-order valence-electron chi connectivity index (χ2n) is 7.44. The van der Waals surface area contributed by atoms with Crippen LogP contribution in [-0.4, -0.2) is 60.4 Å². The molecule has 1 N–H and O–H groups in total. The molecule has 5 nitrogen and oxygen atoms in total. The Kier molecular flexibility index (Phi) is 5.27. The summed E-state index contributed by atoms with van der Waals surface area (Å²) in [4.78, 5) is 29.9. The molecule has 0 bridgehead atoms. The van der Waals surface area contributed by atoms with E-state index in [1.165, 1.54) is 16.9 Å². The number of hydrogen-bond donors (Lipinski definition) is 1. The van der Waals surface area contributed by atoms with Crippen LogP contribution in [0.1, 0.15) is 28.1 Å². The lowest BCUT2D eigenvalue weighted by Crippen LogP contribution is -2.51. The van der Waals surface area contributed by atoms with Gasteiger partial charge in [-0.15, -0.1) is 11.3 Å². The quantitative estimate of drug-likeness (QED) is 0.864. The third kappa shape index (κ3) is 4.39. The van der Waals surface area contributed by atoms with Crippen molar-refractivity contribution in [2.75, 3.05) is 32.7 Å². The molecule has 1 aromatic carbocycles. The summed E-state index contributed by atoms with van der Waals surface area (Å²) in [5.41, 5.74) is 3.31. The first-order chi connectivity index (χ1) is 13.1. The molecule has 1 aliphatic carbocycles. The maximum Gasteiger partial charge on any atom is 0.264 e. The van der Waals surface area contributed by atoms with Crippen molar-refractivity contribution in [1.82, 2.24) is 15.1 Å². The zero-order chi connectivity index (χ0) is 18.8. The number of carbonyl (C=O) groups excluding carboxylic acids is 2. The molecule has 0 radical (unpaired) electrons. The van der Waals surface area contributed by atoms with Gasteiger partial charge in [0, 0.05) is 37.8 Å². The summed E-state index contributed by atoms with van der Waals surface area (Å²) in [7, 11) is 0. The maximum atomic E-state index is 13.0. The van der Waals surface area contributed by atoms with E-state index in [4.69, 9.17) is 0 Å². The Labute approximate surface area is 164 Å². The Morgan fingerprint density at radius 1 is 1.07 bits per heavy atom. The highest BCUT2D eigenvalue weighted by Crippen LogP contribution is 2.30. The standard InChI is InChI=1S/C21H25N3O2S/c1-15-2-4-16(5-3-15)18-8-13-27-20(18)21(26)24-11-9-23(10-12-24)14-19(25)22-17-6-7-17/h2-5,8,13,17H,6-7,9-12,14H2,1H3,(H,22,25). The van der Waals surface area contributed by atoms with Crippen LogP contribution in [0.4, 0.5) is 0 Å². The van der Waals surface area contributed by atoms with Gasteiger partial charge >= 0.3 is 0 Å². The lowest BCUT2D eigenvalue weighted by molar-refractivity contribution is -0.122. The van der Waals surface area contributed by atoms with E-state index in [1.807, 2.05) is 16.3 Å². The summed E-state index contributed by atoms with van der Waals surface area (Å²) < 4.78 is 0. The van der Waals surface area contributed by atoms with E-state index < -0.39 is 0 Å². The summed E-state index contributed by atoms with van der Waals surface area (Å²) >= 11 is 1.51. The summed E-state index contributed by atoms with van der Waals surface area (Å²) in [6.45, 7) is 5.33. The fraction of sp³-hybridized carbons (Fsp3) is 0.429. The average Bonchev–Trinajstić information content (AvgIpc) is 3.34. The molecule has 2 fully saturated rings. The van der Waals surface area contributed by atoms with Crippen LogP contribution >= 0.6 is 11.3 Å². The number of aryl methyl sites for hydroxylation is 1. The minimum atomic E-state index is 0.0997. The molecule has 1 saturated carbocycles. The van der Waals surface area contributed by atoms with Crippen LogP contribution in [0.25, 0.3) is 11.1 Å². The molecule has 1 aliphatic heterocycles. The normalized spacial score (nSPS) is 17.7. The molecule has 2 aliphatic rings. The predicted octanol–water partition coefficient (Wildman–Crippen LogP) is 2.76. The van der Waals surface area contributed by atoms with Crippen molar-refractivity contribution in [3.05, 3.63) is 46.2 Å². The van der Waals surface area contributed by atoms with Gasteiger partial charge in [-0.05, 0) is 36.8 Å². The van der Waals surface area contributed by atoms with Gasteiger partial charge in [-0.25, -0.2) is 0 Å². The molecule has 2 amide bonds. The van der Waals surface area contributed by atoms with Crippen LogP contribution in [0.15, 0.2) is 35.7 Å². The Hall–Kier alpha value is -2.18. The Morgan fingerprint density at radius 2 is 1.78 bits per heavy atom. The molecule has 4 rings (SSSR count). The fourth-order valence-corrected chi connectivity index (χ4v) is 4.28. The Morgan fingerprint density at radius 3 is 2.44 bits per heavy atom. The van der Waals surface area contributed by atoms with Crippen molar-refractivity contribution < 1.29 is 9.59 Å². The number of benzene rings is 1. The summed E-state index contributed by atoms with van der Waals surface area (Å²) in [6.07, 6.45) is 2.22. The largest absolute Gasteiger partial charge is 0.352 e. The second-order valence-corrected chi connectivity index (χ2v) is 8.36. The fourth-order valence-electron chi connectivity index (χ4n) is 3.39. The summed E-state index contributed by atoms with van der Waals surface area (Å²) in [5.74, 6) is 0.208. The average molecular weight is 384 g/mol. The monoisotopic (exact) mass is 383 g/mol. The van der Waals surface area contributed by atoms with Crippen molar-refractivity contribution in [2.24, 2.45) is 0 Å². The van der Waals surface area contributed by atoms with Gasteiger partial charge in [0.15, 0.2) is 0 Å². The highest BCUT2D eigenvalue weighted by molar-refractivity contribution is 7.12.